The first kappa shape index (κ1) is 15.0. The van der Waals surface area contributed by atoms with E-state index in [-0.39, 0.29) is 12.5 Å². The summed E-state index contributed by atoms with van der Waals surface area (Å²) in [4.78, 5) is 15.8. The van der Waals surface area contributed by atoms with Crippen molar-refractivity contribution in [3.8, 4) is 0 Å². The summed E-state index contributed by atoms with van der Waals surface area (Å²) in [5.41, 5.74) is 3.18. The van der Waals surface area contributed by atoms with Gasteiger partial charge in [-0.15, -0.1) is 0 Å². The molecule has 0 saturated heterocycles. The molecule has 0 spiro atoms. The number of rotatable bonds is 6. The van der Waals surface area contributed by atoms with Crippen molar-refractivity contribution >= 4 is 11.6 Å². The van der Waals surface area contributed by atoms with E-state index in [0.29, 0.717) is 18.8 Å². The molecule has 0 aliphatic rings. The van der Waals surface area contributed by atoms with E-state index in [4.69, 9.17) is 5.11 Å². The van der Waals surface area contributed by atoms with E-state index in [1.807, 2.05) is 37.3 Å². The van der Waals surface area contributed by atoms with Gasteiger partial charge in [-0.2, -0.15) is 0 Å². The van der Waals surface area contributed by atoms with E-state index in [9.17, 15) is 4.79 Å². The number of carbonyl (C=O) groups excluding carboxylic acids is 1. The first-order chi connectivity index (χ1) is 10.2. The van der Waals surface area contributed by atoms with Crippen LogP contribution in [-0.2, 0) is 13.2 Å². The van der Waals surface area contributed by atoms with Crippen LogP contribution in [0.1, 0.15) is 28.5 Å². The fourth-order valence-corrected chi connectivity index (χ4v) is 1.96. The third-order valence-electron chi connectivity index (χ3n) is 3.00. The van der Waals surface area contributed by atoms with Crippen molar-refractivity contribution in [2.75, 3.05) is 11.9 Å². The third kappa shape index (κ3) is 4.29. The molecule has 0 bridgehead atoms. The average Bonchev–Trinajstić information content (AvgIpc) is 2.53. The number of nitrogens with zero attached hydrogens (tertiary/aromatic N) is 1. The lowest BCUT2D eigenvalue weighted by Gasteiger charge is -2.09. The minimum Gasteiger partial charge on any atom is -0.392 e. The van der Waals surface area contributed by atoms with E-state index in [1.54, 1.807) is 12.3 Å². The van der Waals surface area contributed by atoms with E-state index >= 15 is 0 Å². The van der Waals surface area contributed by atoms with Gasteiger partial charge >= 0.3 is 0 Å². The second-order valence-corrected chi connectivity index (χ2v) is 4.62. The van der Waals surface area contributed by atoms with Crippen molar-refractivity contribution in [2.24, 2.45) is 0 Å². The number of nitrogens with one attached hydrogen (secondary N) is 2. The van der Waals surface area contributed by atoms with Gasteiger partial charge in [-0.25, -0.2) is 0 Å². The lowest BCUT2D eigenvalue weighted by atomic mass is 10.1. The van der Waals surface area contributed by atoms with Crippen molar-refractivity contribution in [2.45, 2.75) is 20.1 Å². The Labute approximate surface area is 124 Å². The molecule has 1 aromatic carbocycles. The lowest BCUT2D eigenvalue weighted by molar-refractivity contribution is 0.0951. The van der Waals surface area contributed by atoms with E-state index in [2.05, 4.69) is 15.6 Å². The summed E-state index contributed by atoms with van der Waals surface area (Å²) in [5.74, 6) is -0.177. The normalized spacial score (nSPS) is 10.2. The van der Waals surface area contributed by atoms with E-state index in [0.717, 1.165) is 16.8 Å². The van der Waals surface area contributed by atoms with Crippen molar-refractivity contribution in [3.05, 3.63) is 59.4 Å². The van der Waals surface area contributed by atoms with Gasteiger partial charge in [0.15, 0.2) is 0 Å². The van der Waals surface area contributed by atoms with Gasteiger partial charge in [-0.05, 0) is 30.2 Å². The van der Waals surface area contributed by atoms with Crippen molar-refractivity contribution < 1.29 is 9.90 Å². The highest BCUT2D eigenvalue weighted by atomic mass is 16.3. The predicted octanol–water partition coefficient (Wildman–Crippen LogP) is 1.94. The molecule has 21 heavy (non-hydrogen) atoms. The number of hydrogen-bond acceptors (Lipinski definition) is 4. The second-order valence-electron chi connectivity index (χ2n) is 4.62. The number of aliphatic hydroxyl groups is 1. The van der Waals surface area contributed by atoms with Crippen LogP contribution in [0.3, 0.4) is 0 Å². The molecule has 0 unspecified atom stereocenters. The minimum atomic E-state index is -0.177. The van der Waals surface area contributed by atoms with Crippen LogP contribution in [0.2, 0.25) is 0 Å². The van der Waals surface area contributed by atoms with E-state index in [1.165, 1.54) is 0 Å². The Hall–Kier alpha value is -2.40. The topological polar surface area (TPSA) is 74.2 Å². The SMILES string of the molecule is CCNC(=O)c1cc(NCc2cccc(CO)c2)ccn1. The lowest BCUT2D eigenvalue weighted by Crippen LogP contribution is -2.23. The monoisotopic (exact) mass is 285 g/mol. The molecular weight excluding hydrogens is 266 g/mol. The Morgan fingerprint density at radius 2 is 2.05 bits per heavy atom. The van der Waals surface area contributed by atoms with Crippen LogP contribution in [0.15, 0.2) is 42.6 Å². The van der Waals surface area contributed by atoms with Gasteiger partial charge < -0.3 is 15.7 Å². The number of benzene rings is 1. The zero-order valence-corrected chi connectivity index (χ0v) is 12.0. The summed E-state index contributed by atoms with van der Waals surface area (Å²) in [6.07, 6.45) is 1.61. The maximum absolute atomic E-state index is 11.7. The molecule has 1 heterocycles. The van der Waals surface area contributed by atoms with Gasteiger partial charge in [0, 0.05) is 25.0 Å². The molecule has 0 aliphatic carbocycles. The highest BCUT2D eigenvalue weighted by Gasteiger charge is 2.06. The number of aromatic nitrogens is 1. The van der Waals surface area contributed by atoms with Gasteiger partial charge in [0.25, 0.3) is 5.91 Å². The van der Waals surface area contributed by atoms with Crippen molar-refractivity contribution in [1.29, 1.82) is 0 Å². The molecule has 2 aromatic rings. The zero-order valence-electron chi connectivity index (χ0n) is 12.0. The molecule has 2 rings (SSSR count). The molecule has 1 amide bonds. The largest absolute Gasteiger partial charge is 0.392 e. The van der Waals surface area contributed by atoms with Gasteiger partial charge in [0.2, 0.25) is 0 Å². The van der Waals surface area contributed by atoms with Crippen LogP contribution in [0.25, 0.3) is 0 Å². The molecule has 1 aromatic heterocycles. The predicted molar refractivity (Wildman–Crippen MR) is 81.9 cm³/mol. The fourth-order valence-electron chi connectivity index (χ4n) is 1.96. The number of hydrogen-bond donors (Lipinski definition) is 3. The van der Waals surface area contributed by atoms with Crippen molar-refractivity contribution in [3.63, 3.8) is 0 Å². The van der Waals surface area contributed by atoms with E-state index < -0.39 is 0 Å². The third-order valence-corrected chi connectivity index (χ3v) is 3.00. The van der Waals surface area contributed by atoms with Gasteiger partial charge in [0.05, 0.1) is 6.61 Å². The Morgan fingerprint density at radius 1 is 1.24 bits per heavy atom. The highest BCUT2D eigenvalue weighted by Crippen LogP contribution is 2.11. The molecule has 0 saturated carbocycles. The highest BCUT2D eigenvalue weighted by molar-refractivity contribution is 5.93. The molecular formula is C16H19N3O2. The Kier molecular flexibility index (Phi) is 5.29. The molecule has 0 atom stereocenters. The second kappa shape index (κ2) is 7.40. The fraction of sp³-hybridized carbons (Fsp3) is 0.250. The van der Waals surface area contributed by atoms with Crippen LogP contribution in [0.5, 0.6) is 0 Å². The van der Waals surface area contributed by atoms with Crippen LogP contribution in [-0.4, -0.2) is 22.5 Å². The van der Waals surface area contributed by atoms with Gasteiger partial charge in [-0.1, -0.05) is 24.3 Å². The minimum absolute atomic E-state index is 0.0322. The summed E-state index contributed by atoms with van der Waals surface area (Å²) < 4.78 is 0. The van der Waals surface area contributed by atoms with Gasteiger partial charge in [-0.3, -0.25) is 9.78 Å². The molecule has 5 nitrogen and oxygen atoms in total. The number of aliphatic hydroxyl groups excluding tert-OH is 1. The van der Waals surface area contributed by atoms with Crippen molar-refractivity contribution in [1.82, 2.24) is 10.3 Å². The molecule has 3 N–H and O–H groups in total. The summed E-state index contributed by atoms with van der Waals surface area (Å²) in [5, 5.41) is 15.1. The maximum Gasteiger partial charge on any atom is 0.269 e. The summed E-state index contributed by atoms with van der Waals surface area (Å²) in [6, 6.07) is 11.3. The first-order valence-electron chi connectivity index (χ1n) is 6.89. The molecule has 5 heteroatoms. The molecule has 0 aliphatic heterocycles. The summed E-state index contributed by atoms with van der Waals surface area (Å²) >= 11 is 0. The maximum atomic E-state index is 11.7. The summed E-state index contributed by atoms with van der Waals surface area (Å²) in [7, 11) is 0. The molecule has 0 fully saturated rings. The molecule has 110 valence electrons. The van der Waals surface area contributed by atoms with Crippen LogP contribution in [0.4, 0.5) is 5.69 Å². The Balaban J connectivity index is 2.02. The van der Waals surface area contributed by atoms with Crippen LogP contribution >= 0.6 is 0 Å². The quantitative estimate of drug-likeness (QED) is 0.758. The number of amides is 1. The number of pyridine rings is 1. The first-order valence-corrected chi connectivity index (χ1v) is 6.89. The zero-order chi connectivity index (χ0) is 15.1. The smallest absolute Gasteiger partial charge is 0.269 e. The van der Waals surface area contributed by atoms with Crippen LogP contribution < -0.4 is 10.6 Å². The average molecular weight is 285 g/mol. The van der Waals surface area contributed by atoms with Gasteiger partial charge in [0.1, 0.15) is 5.69 Å². The summed E-state index contributed by atoms with van der Waals surface area (Å²) in [6.45, 7) is 3.09. The standard InChI is InChI=1S/C16H19N3O2/c1-2-17-16(21)15-9-14(6-7-18-15)19-10-12-4-3-5-13(8-12)11-20/h3-9,20H,2,10-11H2,1H3,(H,17,21)(H,18,19). The molecule has 0 radical (unpaired) electrons. The Morgan fingerprint density at radius 3 is 2.81 bits per heavy atom. The number of carbonyl (C=O) groups is 1. The van der Waals surface area contributed by atoms with Crippen LogP contribution in [0, 0.1) is 0 Å². The number of anilines is 1. The Bertz CT molecular complexity index is 614.